The Bertz CT molecular complexity index is 905. The Hall–Kier alpha value is -3.76. The fraction of sp³-hybridized carbons (Fsp3) is 0.250. The van der Waals surface area contributed by atoms with Crippen LogP contribution < -0.4 is 15.4 Å². The van der Waals surface area contributed by atoms with Crippen LogP contribution in [0.3, 0.4) is 0 Å². The number of nitrogens with one attached hydrogen (secondary N) is 2. The summed E-state index contributed by atoms with van der Waals surface area (Å²) in [4.78, 5) is 35.4. The van der Waals surface area contributed by atoms with Crippen LogP contribution in [0.2, 0.25) is 0 Å². The molecule has 8 nitrogen and oxygen atoms in total. The van der Waals surface area contributed by atoms with Crippen LogP contribution in [0.4, 0.5) is 23.7 Å². The number of rotatable bonds is 9. The summed E-state index contributed by atoms with van der Waals surface area (Å²) in [7, 11) is 0. The molecule has 0 heterocycles. The number of alkyl carbamates (subject to hydrolysis) is 1. The predicted molar refractivity (Wildman–Crippen MR) is 102 cm³/mol. The number of benzene rings is 2. The van der Waals surface area contributed by atoms with Crippen molar-refractivity contribution in [3.63, 3.8) is 0 Å². The number of aliphatic carboxylic acids is 1. The fourth-order valence-electron chi connectivity index (χ4n) is 2.44. The van der Waals surface area contributed by atoms with Crippen molar-refractivity contribution in [1.82, 2.24) is 5.32 Å². The molecule has 2 amide bonds. The molecule has 0 saturated carbocycles. The molecule has 31 heavy (non-hydrogen) atoms. The Kier molecular flexibility index (Phi) is 8.24. The Morgan fingerprint density at radius 1 is 1.03 bits per heavy atom. The molecule has 0 radical (unpaired) electrons. The van der Waals surface area contributed by atoms with E-state index in [1.165, 1.54) is 12.1 Å². The van der Waals surface area contributed by atoms with Gasteiger partial charge in [0.05, 0.1) is 0 Å². The van der Waals surface area contributed by atoms with Gasteiger partial charge in [-0.25, -0.2) is 4.79 Å². The molecule has 0 aliphatic rings. The monoisotopic (exact) mass is 440 g/mol. The summed E-state index contributed by atoms with van der Waals surface area (Å²) in [6, 6.07) is 11.9. The number of anilines is 1. The zero-order valence-electron chi connectivity index (χ0n) is 16.0. The maximum Gasteiger partial charge on any atom is 0.573 e. The van der Waals surface area contributed by atoms with Crippen LogP contribution in [0.25, 0.3) is 0 Å². The standard InChI is InChI=1S/C20H19F3N2O6/c21-20(22,23)31-15-8-4-7-14(11-15)24-18(28)16(9-10-17(26)27)25-19(29)30-12-13-5-2-1-3-6-13/h1-8,11,16H,9-10,12H2,(H,24,28)(H,25,29)(H,26,27)/t16-/m0/s1. The van der Waals surface area contributed by atoms with Crippen molar-refractivity contribution in [3.05, 3.63) is 60.2 Å². The van der Waals surface area contributed by atoms with Gasteiger partial charge in [0.1, 0.15) is 18.4 Å². The number of hydrogen-bond donors (Lipinski definition) is 3. The molecule has 0 bridgehead atoms. The summed E-state index contributed by atoms with van der Waals surface area (Å²) in [5.41, 5.74) is 0.664. The maximum atomic E-state index is 12.5. The topological polar surface area (TPSA) is 114 Å². The van der Waals surface area contributed by atoms with E-state index in [-0.39, 0.29) is 18.7 Å². The molecule has 0 aromatic heterocycles. The minimum Gasteiger partial charge on any atom is -0.481 e. The van der Waals surface area contributed by atoms with E-state index in [0.717, 1.165) is 12.1 Å². The van der Waals surface area contributed by atoms with Gasteiger partial charge in [-0.15, -0.1) is 13.2 Å². The number of carbonyl (C=O) groups excluding carboxylic acids is 2. The van der Waals surface area contributed by atoms with Gasteiger partial charge in [0, 0.05) is 18.2 Å². The number of carboxylic acids is 1. The molecule has 1 atom stereocenters. The smallest absolute Gasteiger partial charge is 0.481 e. The number of ether oxygens (including phenoxy) is 2. The van der Waals surface area contributed by atoms with E-state index in [4.69, 9.17) is 9.84 Å². The average molecular weight is 440 g/mol. The van der Waals surface area contributed by atoms with Gasteiger partial charge in [-0.05, 0) is 24.1 Å². The van der Waals surface area contributed by atoms with Gasteiger partial charge in [-0.3, -0.25) is 9.59 Å². The van der Waals surface area contributed by atoms with Crippen molar-refractivity contribution in [3.8, 4) is 5.75 Å². The highest BCUT2D eigenvalue weighted by molar-refractivity contribution is 5.96. The van der Waals surface area contributed by atoms with E-state index in [9.17, 15) is 27.6 Å². The van der Waals surface area contributed by atoms with Gasteiger partial charge >= 0.3 is 18.4 Å². The molecule has 0 saturated heterocycles. The fourth-order valence-corrected chi connectivity index (χ4v) is 2.44. The van der Waals surface area contributed by atoms with Gasteiger partial charge in [0.25, 0.3) is 0 Å². The van der Waals surface area contributed by atoms with Gasteiger partial charge < -0.3 is 25.2 Å². The van der Waals surface area contributed by atoms with E-state index in [1.807, 2.05) is 0 Å². The molecule has 2 aromatic carbocycles. The first-order chi connectivity index (χ1) is 14.6. The minimum atomic E-state index is -4.91. The van der Waals surface area contributed by atoms with E-state index in [1.54, 1.807) is 30.3 Å². The first-order valence-corrected chi connectivity index (χ1v) is 8.98. The summed E-state index contributed by atoms with van der Waals surface area (Å²) < 4.78 is 45.9. The Labute approximate surface area is 175 Å². The summed E-state index contributed by atoms with van der Waals surface area (Å²) >= 11 is 0. The zero-order valence-corrected chi connectivity index (χ0v) is 16.0. The van der Waals surface area contributed by atoms with Crippen LogP contribution >= 0.6 is 0 Å². The van der Waals surface area contributed by atoms with Crippen molar-refractivity contribution < 1.29 is 42.1 Å². The number of hydrogen-bond acceptors (Lipinski definition) is 5. The van der Waals surface area contributed by atoms with E-state index < -0.39 is 42.5 Å². The molecule has 0 aliphatic carbocycles. The molecule has 0 unspecified atom stereocenters. The summed E-state index contributed by atoms with van der Waals surface area (Å²) in [6.45, 7) is -0.0726. The highest BCUT2D eigenvalue weighted by Gasteiger charge is 2.31. The largest absolute Gasteiger partial charge is 0.573 e. The average Bonchev–Trinajstić information content (AvgIpc) is 2.69. The number of carboxylic acid groups (broad SMARTS) is 1. The van der Waals surface area contributed by atoms with Crippen molar-refractivity contribution in [2.24, 2.45) is 0 Å². The lowest BCUT2D eigenvalue weighted by atomic mass is 10.1. The number of halogens is 3. The van der Waals surface area contributed by atoms with Gasteiger partial charge in [0.2, 0.25) is 5.91 Å². The molecule has 0 aliphatic heterocycles. The first-order valence-electron chi connectivity index (χ1n) is 8.98. The molecule has 2 aromatic rings. The lowest BCUT2D eigenvalue weighted by Gasteiger charge is -2.18. The lowest BCUT2D eigenvalue weighted by molar-refractivity contribution is -0.274. The molecule has 3 N–H and O–H groups in total. The van der Waals surface area contributed by atoms with Crippen LogP contribution in [0.1, 0.15) is 18.4 Å². The maximum absolute atomic E-state index is 12.5. The number of alkyl halides is 3. The molecule has 0 spiro atoms. The molecular formula is C20H19F3N2O6. The number of amides is 2. The third-order valence-corrected chi connectivity index (χ3v) is 3.80. The molecular weight excluding hydrogens is 421 g/mol. The summed E-state index contributed by atoms with van der Waals surface area (Å²) in [5, 5.41) is 13.5. The van der Waals surface area contributed by atoms with Crippen LogP contribution in [-0.4, -0.2) is 35.5 Å². The third kappa shape index (κ3) is 9.07. The van der Waals surface area contributed by atoms with Crippen LogP contribution in [0.15, 0.2) is 54.6 Å². The SMILES string of the molecule is O=C(O)CC[C@H](NC(=O)OCc1ccccc1)C(=O)Nc1cccc(OC(F)(F)F)c1. The third-order valence-electron chi connectivity index (χ3n) is 3.80. The second-order valence-electron chi connectivity index (χ2n) is 6.26. The molecule has 166 valence electrons. The van der Waals surface area contributed by atoms with Crippen molar-refractivity contribution in [1.29, 1.82) is 0 Å². The molecule has 0 fully saturated rings. The van der Waals surface area contributed by atoms with Crippen molar-refractivity contribution >= 4 is 23.7 Å². The Balaban J connectivity index is 2.01. The molecule has 11 heteroatoms. The van der Waals surface area contributed by atoms with Gasteiger partial charge in [-0.2, -0.15) is 0 Å². The normalized spacial score (nSPS) is 11.8. The van der Waals surface area contributed by atoms with E-state index in [2.05, 4.69) is 15.4 Å². The zero-order chi connectivity index (χ0) is 22.9. The second-order valence-corrected chi connectivity index (χ2v) is 6.26. The van der Waals surface area contributed by atoms with Crippen LogP contribution in [0, 0.1) is 0 Å². The summed E-state index contributed by atoms with van der Waals surface area (Å²) in [6.07, 6.45) is -6.56. The Morgan fingerprint density at radius 2 is 1.74 bits per heavy atom. The number of carbonyl (C=O) groups is 3. The quantitative estimate of drug-likeness (QED) is 0.548. The van der Waals surface area contributed by atoms with E-state index >= 15 is 0 Å². The second kappa shape index (κ2) is 10.9. The Morgan fingerprint density at radius 3 is 2.39 bits per heavy atom. The van der Waals surface area contributed by atoms with Gasteiger partial charge in [-0.1, -0.05) is 36.4 Å². The van der Waals surface area contributed by atoms with Crippen LogP contribution in [-0.2, 0) is 20.9 Å². The van der Waals surface area contributed by atoms with Gasteiger partial charge in [0.15, 0.2) is 0 Å². The highest BCUT2D eigenvalue weighted by Crippen LogP contribution is 2.25. The lowest BCUT2D eigenvalue weighted by Crippen LogP contribution is -2.44. The van der Waals surface area contributed by atoms with E-state index in [0.29, 0.717) is 5.56 Å². The first kappa shape index (κ1) is 23.5. The highest BCUT2D eigenvalue weighted by atomic mass is 19.4. The van der Waals surface area contributed by atoms with Crippen LogP contribution in [0.5, 0.6) is 5.75 Å². The summed E-state index contributed by atoms with van der Waals surface area (Å²) in [5.74, 6) is -2.58. The van der Waals surface area contributed by atoms with Crippen molar-refractivity contribution in [2.45, 2.75) is 31.9 Å². The molecule has 2 rings (SSSR count). The van der Waals surface area contributed by atoms with Crippen molar-refractivity contribution in [2.75, 3.05) is 5.32 Å². The predicted octanol–water partition coefficient (Wildman–Crippen LogP) is 3.68. The minimum absolute atomic E-state index is 0.0356.